The van der Waals surface area contributed by atoms with E-state index in [1.165, 1.54) is 11.0 Å². The number of piperazine rings is 1. The summed E-state index contributed by atoms with van der Waals surface area (Å²) < 4.78 is 15.9. The van der Waals surface area contributed by atoms with Crippen LogP contribution in [0.3, 0.4) is 0 Å². The van der Waals surface area contributed by atoms with Crippen molar-refractivity contribution >= 4 is 17.5 Å². The van der Waals surface area contributed by atoms with Crippen LogP contribution in [0.25, 0.3) is 16.9 Å². The summed E-state index contributed by atoms with van der Waals surface area (Å²) in [6.07, 6.45) is 0. The fraction of sp³-hybridized carbons (Fsp3) is 0.273. The van der Waals surface area contributed by atoms with Crippen LogP contribution in [0.1, 0.15) is 17.4 Å². The summed E-state index contributed by atoms with van der Waals surface area (Å²) in [5.41, 5.74) is 1.86. The molecule has 1 aliphatic rings. The lowest BCUT2D eigenvalue weighted by molar-refractivity contribution is -0.902. The average Bonchev–Trinajstić information content (AvgIpc) is 3.19. The molecule has 7 heteroatoms. The molecule has 1 N–H and O–H groups in total. The van der Waals surface area contributed by atoms with E-state index >= 15 is 0 Å². The third-order valence-electron chi connectivity index (χ3n) is 5.39. The normalized spacial score (nSPS) is 14.9. The van der Waals surface area contributed by atoms with Crippen molar-refractivity contribution in [3.8, 4) is 16.9 Å². The molecule has 0 radical (unpaired) electrons. The van der Waals surface area contributed by atoms with Crippen LogP contribution in [0.4, 0.5) is 4.39 Å². The lowest BCUT2D eigenvalue weighted by atomic mass is 10.1. The predicted molar refractivity (Wildman–Crippen MR) is 111 cm³/mol. The summed E-state index contributed by atoms with van der Waals surface area (Å²) in [7, 11) is 0. The van der Waals surface area contributed by atoms with E-state index in [0.29, 0.717) is 40.8 Å². The monoisotopic (exact) mass is 413 g/mol. The molecule has 0 spiro atoms. The Bertz CT molecular complexity index is 1030. The molecule has 3 aromatic rings. The highest BCUT2D eigenvalue weighted by molar-refractivity contribution is 6.30. The van der Waals surface area contributed by atoms with Crippen LogP contribution in [0.15, 0.2) is 54.6 Å². The Morgan fingerprint density at radius 3 is 2.59 bits per heavy atom. The molecule has 1 aromatic heterocycles. The van der Waals surface area contributed by atoms with Gasteiger partial charge in [-0.25, -0.2) is 9.07 Å². The molecule has 1 amide bonds. The van der Waals surface area contributed by atoms with Crippen LogP contribution in [0, 0.1) is 5.82 Å². The van der Waals surface area contributed by atoms with Crippen LogP contribution in [-0.2, 0) is 0 Å². The molecular weight excluding hydrogens is 391 g/mol. The van der Waals surface area contributed by atoms with Gasteiger partial charge >= 0.3 is 0 Å². The van der Waals surface area contributed by atoms with Crippen molar-refractivity contribution in [2.75, 3.05) is 32.7 Å². The average molecular weight is 414 g/mol. The molecule has 0 unspecified atom stereocenters. The Kier molecular flexibility index (Phi) is 5.65. The third-order valence-corrected chi connectivity index (χ3v) is 5.62. The van der Waals surface area contributed by atoms with E-state index in [0.717, 1.165) is 19.6 Å². The first-order valence-corrected chi connectivity index (χ1v) is 10.2. The lowest BCUT2D eigenvalue weighted by Crippen LogP contribution is -3.14. The number of carbonyl (C=O) groups excluding carboxylic acids is 1. The molecule has 0 bridgehead atoms. The first-order valence-electron chi connectivity index (χ1n) is 9.80. The van der Waals surface area contributed by atoms with Crippen LogP contribution in [0.2, 0.25) is 5.02 Å². The first-order chi connectivity index (χ1) is 14.1. The van der Waals surface area contributed by atoms with Gasteiger partial charge in [0, 0.05) is 10.6 Å². The minimum atomic E-state index is -0.373. The zero-order chi connectivity index (χ0) is 20.4. The van der Waals surface area contributed by atoms with E-state index < -0.39 is 0 Å². The van der Waals surface area contributed by atoms with Crippen LogP contribution in [0.5, 0.6) is 0 Å². The number of likely N-dealkylation sites (N-methyl/N-ethyl adjacent to an activating group) is 1. The van der Waals surface area contributed by atoms with E-state index in [9.17, 15) is 9.18 Å². The van der Waals surface area contributed by atoms with Gasteiger partial charge in [-0.1, -0.05) is 29.8 Å². The number of aromatic nitrogens is 2. The number of nitrogens with zero attached hydrogens (tertiary/aromatic N) is 3. The van der Waals surface area contributed by atoms with Crippen molar-refractivity contribution < 1.29 is 14.1 Å². The predicted octanol–water partition coefficient (Wildman–Crippen LogP) is 2.69. The number of amides is 1. The van der Waals surface area contributed by atoms with E-state index in [1.54, 1.807) is 47.1 Å². The summed E-state index contributed by atoms with van der Waals surface area (Å²) in [5, 5.41) is 5.11. The maximum atomic E-state index is 14.4. The second kappa shape index (κ2) is 8.35. The zero-order valence-electron chi connectivity index (χ0n) is 16.2. The van der Waals surface area contributed by atoms with Gasteiger partial charge in [0.15, 0.2) is 0 Å². The molecule has 5 nitrogen and oxygen atoms in total. The Balaban J connectivity index is 1.75. The van der Waals surface area contributed by atoms with Crippen molar-refractivity contribution in [3.05, 3.63) is 71.1 Å². The van der Waals surface area contributed by atoms with E-state index in [-0.39, 0.29) is 11.7 Å². The van der Waals surface area contributed by atoms with Crippen molar-refractivity contribution in [1.29, 1.82) is 0 Å². The highest BCUT2D eigenvalue weighted by atomic mass is 35.5. The highest BCUT2D eigenvalue weighted by Gasteiger charge is 2.27. The SMILES string of the molecule is CC[NH+]1CCN(C(=O)c2cc(-c3ccccc3F)nn2-c2cccc(Cl)c2)CC1. The summed E-state index contributed by atoms with van der Waals surface area (Å²) in [6, 6.07) is 15.3. The molecule has 0 atom stereocenters. The summed E-state index contributed by atoms with van der Waals surface area (Å²) >= 11 is 6.16. The molecule has 0 saturated carbocycles. The second-order valence-electron chi connectivity index (χ2n) is 7.18. The smallest absolute Gasteiger partial charge is 0.273 e. The second-order valence-corrected chi connectivity index (χ2v) is 7.62. The Hall–Kier alpha value is -2.70. The maximum Gasteiger partial charge on any atom is 0.273 e. The Morgan fingerprint density at radius 1 is 1.14 bits per heavy atom. The molecule has 1 saturated heterocycles. The van der Waals surface area contributed by atoms with Gasteiger partial charge in [-0.3, -0.25) is 4.79 Å². The lowest BCUT2D eigenvalue weighted by Gasteiger charge is -2.31. The highest BCUT2D eigenvalue weighted by Crippen LogP contribution is 2.26. The van der Waals surface area contributed by atoms with Crippen molar-refractivity contribution in [2.24, 2.45) is 0 Å². The van der Waals surface area contributed by atoms with Gasteiger partial charge in [0.05, 0.1) is 44.1 Å². The molecule has 2 aromatic carbocycles. The van der Waals surface area contributed by atoms with Crippen LogP contribution >= 0.6 is 11.6 Å². The quantitative estimate of drug-likeness (QED) is 0.714. The number of carbonyl (C=O) groups is 1. The van der Waals surface area contributed by atoms with Crippen molar-refractivity contribution in [1.82, 2.24) is 14.7 Å². The standard InChI is InChI=1S/C22H22ClFN4O/c1-2-26-10-12-27(13-11-26)22(29)21-15-20(18-8-3-4-9-19(18)24)25-28(21)17-7-5-6-16(23)14-17/h3-9,14-15H,2,10-13H2,1H3/p+1. The number of rotatable bonds is 4. The van der Waals surface area contributed by atoms with Crippen molar-refractivity contribution in [3.63, 3.8) is 0 Å². The van der Waals surface area contributed by atoms with Gasteiger partial charge in [-0.05, 0) is 43.3 Å². The molecule has 29 heavy (non-hydrogen) atoms. The molecule has 0 aliphatic carbocycles. The van der Waals surface area contributed by atoms with Crippen LogP contribution < -0.4 is 4.90 Å². The van der Waals surface area contributed by atoms with Gasteiger partial charge in [0.1, 0.15) is 11.5 Å². The number of nitrogens with one attached hydrogen (secondary N) is 1. The number of halogens is 2. The fourth-order valence-corrected chi connectivity index (χ4v) is 3.86. The molecule has 150 valence electrons. The minimum Gasteiger partial charge on any atom is -0.332 e. The maximum absolute atomic E-state index is 14.4. The van der Waals surface area contributed by atoms with E-state index in [1.807, 2.05) is 11.0 Å². The first kappa shape index (κ1) is 19.6. The zero-order valence-corrected chi connectivity index (χ0v) is 17.0. The van der Waals surface area contributed by atoms with Gasteiger partial charge in [-0.15, -0.1) is 0 Å². The molecule has 1 aliphatic heterocycles. The number of benzene rings is 2. The molecule has 4 rings (SSSR count). The fourth-order valence-electron chi connectivity index (χ4n) is 3.68. The largest absolute Gasteiger partial charge is 0.332 e. The van der Waals surface area contributed by atoms with Crippen molar-refractivity contribution in [2.45, 2.75) is 6.92 Å². The topological polar surface area (TPSA) is 42.6 Å². The summed E-state index contributed by atoms with van der Waals surface area (Å²) in [6.45, 7) is 6.44. The number of quaternary nitrogens is 1. The van der Waals surface area contributed by atoms with Gasteiger partial charge in [0.2, 0.25) is 0 Å². The molecule has 1 fully saturated rings. The van der Waals surface area contributed by atoms with Gasteiger partial charge < -0.3 is 9.80 Å². The van der Waals surface area contributed by atoms with Gasteiger partial charge in [-0.2, -0.15) is 5.10 Å². The minimum absolute atomic E-state index is 0.102. The molecular formula is C22H23ClFN4O+. The third kappa shape index (κ3) is 4.04. The number of hydrogen-bond acceptors (Lipinski definition) is 2. The molecule has 2 heterocycles. The Morgan fingerprint density at radius 2 is 1.90 bits per heavy atom. The van der Waals surface area contributed by atoms with E-state index in [2.05, 4.69) is 12.0 Å². The number of hydrogen-bond donors (Lipinski definition) is 1. The van der Waals surface area contributed by atoms with E-state index in [4.69, 9.17) is 11.6 Å². The summed E-state index contributed by atoms with van der Waals surface area (Å²) in [5.74, 6) is -0.474. The summed E-state index contributed by atoms with van der Waals surface area (Å²) in [4.78, 5) is 16.7. The van der Waals surface area contributed by atoms with Crippen LogP contribution in [-0.4, -0.2) is 53.3 Å². The van der Waals surface area contributed by atoms with Gasteiger partial charge in [0.25, 0.3) is 5.91 Å². The Labute approximate surface area is 174 Å².